The van der Waals surface area contributed by atoms with E-state index < -0.39 is 10.3 Å². The molecule has 0 aromatic heterocycles. The van der Waals surface area contributed by atoms with Gasteiger partial charge in [-0.05, 0) is 6.42 Å². The van der Waals surface area contributed by atoms with E-state index >= 15 is 0 Å². The second kappa shape index (κ2) is 7.79. The van der Waals surface area contributed by atoms with Gasteiger partial charge in [-0.3, -0.25) is 4.55 Å². The molecule has 0 heterocycles. The van der Waals surface area contributed by atoms with E-state index in [0.717, 1.165) is 25.7 Å². The standard InChI is InChI=1S/C6H15NO3S.ClH/c1-2-3-4-5-6-7-11(8,9)10;/h7H,2-6H2,1H3,(H,8,9,10);1H. The van der Waals surface area contributed by atoms with Gasteiger partial charge in [0.05, 0.1) is 0 Å². The predicted octanol–water partition coefficient (Wildman–Crippen LogP) is 1.38. The lowest BCUT2D eigenvalue weighted by Gasteiger charge is -1.99. The Kier molecular flexibility index (Phi) is 9.53. The Labute approximate surface area is 80.0 Å². The molecule has 2 N–H and O–H groups in total. The van der Waals surface area contributed by atoms with Crippen LogP contribution in [-0.4, -0.2) is 19.5 Å². The van der Waals surface area contributed by atoms with Crippen LogP contribution in [0.1, 0.15) is 32.6 Å². The molecule has 0 aromatic rings. The van der Waals surface area contributed by atoms with Gasteiger partial charge in [0, 0.05) is 6.54 Å². The van der Waals surface area contributed by atoms with Crippen LogP contribution in [0.15, 0.2) is 0 Å². The molecule has 76 valence electrons. The predicted molar refractivity (Wildman–Crippen MR) is 50.9 cm³/mol. The van der Waals surface area contributed by atoms with Crippen molar-refractivity contribution in [2.24, 2.45) is 0 Å². The van der Waals surface area contributed by atoms with E-state index in [1.165, 1.54) is 0 Å². The minimum Gasteiger partial charge on any atom is -0.273 e. The van der Waals surface area contributed by atoms with Gasteiger partial charge in [0.1, 0.15) is 0 Å². The summed E-state index contributed by atoms with van der Waals surface area (Å²) < 4.78 is 30.5. The molecule has 0 aliphatic rings. The average molecular weight is 218 g/mol. The fraction of sp³-hybridized carbons (Fsp3) is 1.00. The van der Waals surface area contributed by atoms with Gasteiger partial charge in [-0.2, -0.15) is 13.1 Å². The lowest BCUT2D eigenvalue weighted by molar-refractivity contribution is 0.465. The average Bonchev–Trinajstić information content (AvgIpc) is 1.85. The highest BCUT2D eigenvalue weighted by atomic mass is 35.5. The quantitative estimate of drug-likeness (QED) is 0.522. The van der Waals surface area contributed by atoms with Crippen molar-refractivity contribution >= 4 is 22.7 Å². The third kappa shape index (κ3) is 12.8. The molecule has 12 heavy (non-hydrogen) atoms. The van der Waals surface area contributed by atoms with E-state index in [9.17, 15) is 8.42 Å². The molecule has 0 aliphatic carbocycles. The van der Waals surface area contributed by atoms with Crippen LogP contribution in [0.4, 0.5) is 0 Å². The number of unbranched alkanes of at least 4 members (excludes halogenated alkanes) is 3. The topological polar surface area (TPSA) is 66.4 Å². The van der Waals surface area contributed by atoms with Crippen LogP contribution in [0, 0.1) is 0 Å². The van der Waals surface area contributed by atoms with E-state index in [1.54, 1.807) is 0 Å². The molecule has 0 amide bonds. The first kappa shape index (κ1) is 14.7. The second-order valence-electron chi connectivity index (χ2n) is 2.43. The molecule has 0 rings (SSSR count). The van der Waals surface area contributed by atoms with Gasteiger partial charge in [0.25, 0.3) is 0 Å². The Hall–Kier alpha value is 0.160. The molecule has 0 saturated heterocycles. The third-order valence-corrected chi connectivity index (χ3v) is 1.88. The van der Waals surface area contributed by atoms with Crippen LogP contribution in [0.25, 0.3) is 0 Å². The van der Waals surface area contributed by atoms with Crippen LogP contribution < -0.4 is 4.72 Å². The lowest BCUT2D eigenvalue weighted by atomic mass is 10.2. The first-order valence-corrected chi connectivity index (χ1v) is 5.22. The van der Waals surface area contributed by atoms with Crippen LogP contribution in [0.5, 0.6) is 0 Å². The SMILES string of the molecule is CCCCCCNS(=O)(=O)O.Cl. The highest BCUT2D eigenvalue weighted by molar-refractivity contribution is 7.83. The molecular weight excluding hydrogens is 202 g/mol. The van der Waals surface area contributed by atoms with E-state index in [4.69, 9.17) is 4.55 Å². The molecule has 0 saturated carbocycles. The first-order chi connectivity index (χ1) is 5.06. The van der Waals surface area contributed by atoms with Crippen molar-refractivity contribution in [2.75, 3.05) is 6.54 Å². The maximum absolute atomic E-state index is 10.1. The summed E-state index contributed by atoms with van der Waals surface area (Å²) in [6, 6.07) is 0. The smallest absolute Gasteiger partial charge is 0.273 e. The summed E-state index contributed by atoms with van der Waals surface area (Å²) in [5, 5.41) is 0. The molecule has 4 nitrogen and oxygen atoms in total. The van der Waals surface area contributed by atoms with E-state index in [0.29, 0.717) is 6.54 Å². The molecule has 6 heteroatoms. The van der Waals surface area contributed by atoms with E-state index in [2.05, 4.69) is 6.92 Å². The fourth-order valence-electron chi connectivity index (χ4n) is 0.753. The summed E-state index contributed by atoms with van der Waals surface area (Å²) in [4.78, 5) is 0. The van der Waals surface area contributed by atoms with Gasteiger partial charge < -0.3 is 0 Å². The van der Waals surface area contributed by atoms with Gasteiger partial charge in [0.2, 0.25) is 0 Å². The molecule has 0 aliphatic heterocycles. The summed E-state index contributed by atoms with van der Waals surface area (Å²) in [5.41, 5.74) is 0. The zero-order chi connectivity index (χ0) is 8.74. The number of rotatable bonds is 6. The van der Waals surface area contributed by atoms with Crippen molar-refractivity contribution in [1.82, 2.24) is 4.72 Å². The monoisotopic (exact) mass is 217 g/mol. The number of hydrogen-bond donors (Lipinski definition) is 2. The maximum atomic E-state index is 10.1. The number of halogens is 1. The molecule has 0 radical (unpaired) electrons. The molecule has 0 aromatic carbocycles. The summed E-state index contributed by atoms with van der Waals surface area (Å²) in [7, 11) is -3.96. The Bertz CT molecular complexity index is 181. The third-order valence-electron chi connectivity index (χ3n) is 1.31. The number of hydrogen-bond acceptors (Lipinski definition) is 2. The molecule has 0 bridgehead atoms. The van der Waals surface area contributed by atoms with Crippen LogP contribution in [0.3, 0.4) is 0 Å². The Morgan fingerprint density at radius 3 is 2.25 bits per heavy atom. The maximum Gasteiger partial charge on any atom is 0.333 e. The van der Waals surface area contributed by atoms with Crippen LogP contribution >= 0.6 is 12.4 Å². The number of nitrogens with one attached hydrogen (secondary N) is 1. The first-order valence-electron chi connectivity index (χ1n) is 3.78. The second-order valence-corrected chi connectivity index (χ2v) is 3.67. The van der Waals surface area contributed by atoms with Gasteiger partial charge in [-0.15, -0.1) is 12.4 Å². The summed E-state index contributed by atoms with van der Waals surface area (Å²) >= 11 is 0. The van der Waals surface area contributed by atoms with Crippen molar-refractivity contribution in [1.29, 1.82) is 0 Å². The minimum absolute atomic E-state index is 0. The van der Waals surface area contributed by atoms with Gasteiger partial charge in [-0.1, -0.05) is 26.2 Å². The van der Waals surface area contributed by atoms with Gasteiger partial charge in [-0.25, -0.2) is 0 Å². The van der Waals surface area contributed by atoms with Crippen molar-refractivity contribution in [3.05, 3.63) is 0 Å². The van der Waals surface area contributed by atoms with E-state index in [1.807, 2.05) is 4.72 Å². The normalized spacial score (nSPS) is 10.8. The summed E-state index contributed by atoms with van der Waals surface area (Å²) in [6.45, 7) is 2.41. The van der Waals surface area contributed by atoms with Crippen LogP contribution in [0.2, 0.25) is 0 Å². The molecular formula is C6H16ClNO3S. The molecule has 0 fully saturated rings. The Balaban J connectivity index is 0. The van der Waals surface area contributed by atoms with Crippen molar-refractivity contribution in [3.63, 3.8) is 0 Å². The van der Waals surface area contributed by atoms with Crippen molar-refractivity contribution < 1.29 is 13.0 Å². The van der Waals surface area contributed by atoms with E-state index in [-0.39, 0.29) is 12.4 Å². The lowest BCUT2D eigenvalue weighted by Crippen LogP contribution is -2.23. The molecule has 0 atom stereocenters. The zero-order valence-corrected chi connectivity index (χ0v) is 8.75. The Morgan fingerprint density at radius 1 is 1.25 bits per heavy atom. The van der Waals surface area contributed by atoms with Crippen molar-refractivity contribution in [2.45, 2.75) is 32.6 Å². The van der Waals surface area contributed by atoms with Gasteiger partial charge >= 0.3 is 10.3 Å². The van der Waals surface area contributed by atoms with Crippen molar-refractivity contribution in [3.8, 4) is 0 Å². The fourth-order valence-corrected chi connectivity index (χ4v) is 1.16. The molecule has 0 unspecified atom stereocenters. The largest absolute Gasteiger partial charge is 0.333 e. The van der Waals surface area contributed by atoms with Crippen LogP contribution in [-0.2, 0) is 10.3 Å². The summed E-state index contributed by atoms with van der Waals surface area (Å²) in [6.07, 6.45) is 4.01. The molecule has 0 spiro atoms. The minimum atomic E-state index is -3.96. The Morgan fingerprint density at radius 2 is 1.83 bits per heavy atom. The van der Waals surface area contributed by atoms with Gasteiger partial charge in [0.15, 0.2) is 0 Å². The highest BCUT2D eigenvalue weighted by Crippen LogP contribution is 1.97. The highest BCUT2D eigenvalue weighted by Gasteiger charge is 1.99. The summed E-state index contributed by atoms with van der Waals surface area (Å²) in [5.74, 6) is 0. The zero-order valence-electron chi connectivity index (χ0n) is 7.12.